The molecule has 1 heterocycles. The third kappa shape index (κ3) is 8.20. The van der Waals surface area contributed by atoms with E-state index in [-0.39, 0.29) is 0 Å². The van der Waals surface area contributed by atoms with E-state index in [0.717, 1.165) is 47.7 Å². The molecule has 2 aromatic carbocycles. The number of thiophene rings is 1. The molecule has 4 nitrogen and oxygen atoms in total. The van der Waals surface area contributed by atoms with E-state index < -0.39 is 5.97 Å². The van der Waals surface area contributed by atoms with Gasteiger partial charge in [-0.15, -0.1) is 17.9 Å². The topological polar surface area (TPSA) is 59.3 Å². The predicted molar refractivity (Wildman–Crippen MR) is 138 cm³/mol. The summed E-state index contributed by atoms with van der Waals surface area (Å²) >= 11 is 1.12. The second-order valence-corrected chi connectivity index (χ2v) is 9.20. The maximum absolute atomic E-state index is 12.2. The van der Waals surface area contributed by atoms with Gasteiger partial charge in [-0.2, -0.15) is 5.26 Å². The van der Waals surface area contributed by atoms with Crippen molar-refractivity contribution in [1.29, 1.82) is 5.26 Å². The number of nitriles is 1. The Morgan fingerprint density at radius 3 is 2.00 bits per heavy atom. The zero-order valence-electron chi connectivity index (χ0n) is 19.5. The average molecular weight is 474 g/mol. The first-order chi connectivity index (χ1) is 16.7. The average Bonchev–Trinajstić information content (AvgIpc) is 3.36. The van der Waals surface area contributed by atoms with E-state index in [1.54, 1.807) is 24.3 Å². The third-order valence-electron chi connectivity index (χ3n) is 5.49. The number of carbonyl (C=O) groups is 1. The molecule has 3 rings (SSSR count). The monoisotopic (exact) mass is 473 g/mol. The number of rotatable bonds is 14. The minimum absolute atomic E-state index is 0.412. The van der Waals surface area contributed by atoms with Gasteiger partial charge in [-0.25, -0.2) is 4.79 Å². The number of nitrogens with zero attached hydrogens (tertiary/aromatic N) is 1. The lowest BCUT2D eigenvalue weighted by Gasteiger charge is -2.08. The largest absolute Gasteiger partial charge is 0.494 e. The number of benzene rings is 2. The summed E-state index contributed by atoms with van der Waals surface area (Å²) in [6.07, 6.45) is 11.9. The van der Waals surface area contributed by atoms with Crippen LogP contribution in [0.25, 0.3) is 11.1 Å². The second kappa shape index (κ2) is 14.0. The van der Waals surface area contributed by atoms with E-state index in [1.807, 2.05) is 48.5 Å². The minimum Gasteiger partial charge on any atom is -0.494 e. The van der Waals surface area contributed by atoms with Crippen molar-refractivity contribution >= 4 is 17.3 Å². The third-order valence-corrected chi connectivity index (χ3v) is 6.46. The van der Waals surface area contributed by atoms with Gasteiger partial charge in [-0.05, 0) is 66.8 Å². The Balaban J connectivity index is 1.38. The number of unbranched alkanes of at least 4 members (excludes halogenated alkanes) is 7. The fourth-order valence-electron chi connectivity index (χ4n) is 3.59. The van der Waals surface area contributed by atoms with Crippen molar-refractivity contribution in [2.75, 3.05) is 6.61 Å². The van der Waals surface area contributed by atoms with Crippen LogP contribution < -0.4 is 9.47 Å². The summed E-state index contributed by atoms with van der Waals surface area (Å²) in [5.74, 6) is 0.896. The van der Waals surface area contributed by atoms with Crippen molar-refractivity contribution in [3.05, 3.63) is 83.1 Å². The molecule has 1 aromatic heterocycles. The smallest absolute Gasteiger partial charge is 0.353 e. The summed E-state index contributed by atoms with van der Waals surface area (Å²) in [6.45, 7) is 4.51. The van der Waals surface area contributed by atoms with Gasteiger partial charge in [0.25, 0.3) is 0 Å². The van der Waals surface area contributed by atoms with Crippen LogP contribution in [0, 0.1) is 11.3 Å². The highest BCUT2D eigenvalue weighted by Gasteiger charge is 2.12. The molecule has 0 saturated carbocycles. The highest BCUT2D eigenvalue weighted by atomic mass is 32.1. The molecule has 0 aliphatic carbocycles. The van der Waals surface area contributed by atoms with Gasteiger partial charge in [-0.1, -0.05) is 62.4 Å². The normalized spacial score (nSPS) is 10.4. The Labute approximate surface area is 206 Å². The zero-order valence-corrected chi connectivity index (χ0v) is 20.3. The van der Waals surface area contributed by atoms with Crippen LogP contribution in [0.15, 0.2) is 73.3 Å². The number of ether oxygens (including phenoxy) is 2. The maximum atomic E-state index is 12.2. The summed E-state index contributed by atoms with van der Waals surface area (Å²) in [7, 11) is 0. The predicted octanol–water partition coefficient (Wildman–Crippen LogP) is 8.19. The molecular weight excluding hydrogens is 442 g/mol. The van der Waals surface area contributed by atoms with Gasteiger partial charge in [0.2, 0.25) is 0 Å². The van der Waals surface area contributed by atoms with Gasteiger partial charge in [0.1, 0.15) is 27.3 Å². The van der Waals surface area contributed by atoms with Crippen molar-refractivity contribution in [3.8, 4) is 28.7 Å². The molecule has 0 aliphatic heterocycles. The van der Waals surface area contributed by atoms with Crippen molar-refractivity contribution < 1.29 is 14.3 Å². The number of carbonyl (C=O) groups excluding carboxylic acids is 1. The van der Waals surface area contributed by atoms with Gasteiger partial charge < -0.3 is 9.47 Å². The molecule has 176 valence electrons. The number of hydrogen-bond acceptors (Lipinski definition) is 5. The number of hydrogen-bond donors (Lipinski definition) is 0. The van der Waals surface area contributed by atoms with Crippen LogP contribution in [0.1, 0.15) is 65.9 Å². The Bertz CT molecular complexity index is 1080. The van der Waals surface area contributed by atoms with Crippen LogP contribution >= 0.6 is 11.3 Å². The van der Waals surface area contributed by atoms with Crippen molar-refractivity contribution in [1.82, 2.24) is 0 Å². The molecule has 0 amide bonds. The quantitative estimate of drug-likeness (QED) is 0.102. The molecule has 0 bridgehead atoms. The molecule has 0 unspecified atom stereocenters. The molecule has 0 saturated heterocycles. The minimum atomic E-state index is -0.454. The molecule has 0 fully saturated rings. The van der Waals surface area contributed by atoms with Crippen LogP contribution in [0.4, 0.5) is 0 Å². The van der Waals surface area contributed by atoms with E-state index in [2.05, 4.69) is 6.58 Å². The van der Waals surface area contributed by atoms with Crippen LogP contribution in [0.5, 0.6) is 11.5 Å². The highest BCUT2D eigenvalue weighted by Crippen LogP contribution is 2.26. The molecule has 0 aliphatic rings. The fourth-order valence-corrected chi connectivity index (χ4v) is 4.27. The van der Waals surface area contributed by atoms with E-state index in [4.69, 9.17) is 14.7 Å². The standard InChI is InChI=1S/C29H31NO3S/c1-2-3-4-5-6-7-8-9-10-21-32-25-15-11-23(12-16-25)24-13-17-26(18-14-24)33-29(31)28-20-19-27(22-30)34-28/h2,11-20H,1,3-10,21H2. The second-order valence-electron chi connectivity index (χ2n) is 8.11. The lowest BCUT2D eigenvalue weighted by Crippen LogP contribution is -2.06. The summed E-state index contributed by atoms with van der Waals surface area (Å²) in [5, 5.41) is 8.89. The van der Waals surface area contributed by atoms with Crippen LogP contribution in [0.3, 0.4) is 0 Å². The zero-order chi connectivity index (χ0) is 24.0. The van der Waals surface area contributed by atoms with E-state index in [1.165, 1.54) is 38.5 Å². The lowest BCUT2D eigenvalue weighted by molar-refractivity contribution is 0.0740. The first-order valence-corrected chi connectivity index (χ1v) is 12.7. The van der Waals surface area contributed by atoms with Gasteiger partial charge in [0, 0.05) is 0 Å². The number of esters is 1. The molecule has 3 aromatic rings. The summed E-state index contributed by atoms with van der Waals surface area (Å²) in [5.41, 5.74) is 2.10. The van der Waals surface area contributed by atoms with Crippen LogP contribution in [-0.4, -0.2) is 12.6 Å². The number of allylic oxidation sites excluding steroid dienone is 1. The Morgan fingerprint density at radius 2 is 1.41 bits per heavy atom. The molecule has 5 heteroatoms. The van der Waals surface area contributed by atoms with Crippen LogP contribution in [-0.2, 0) is 0 Å². The lowest BCUT2D eigenvalue weighted by atomic mass is 10.1. The molecular formula is C29H31NO3S. The highest BCUT2D eigenvalue weighted by molar-refractivity contribution is 7.14. The Kier molecular flexibility index (Phi) is 10.4. The van der Waals surface area contributed by atoms with Gasteiger partial charge in [-0.3, -0.25) is 0 Å². The summed E-state index contributed by atoms with van der Waals surface area (Å²) < 4.78 is 11.3. The van der Waals surface area contributed by atoms with Crippen molar-refractivity contribution in [3.63, 3.8) is 0 Å². The van der Waals surface area contributed by atoms with Gasteiger partial charge >= 0.3 is 5.97 Å². The Hall–Kier alpha value is -3.36. The van der Waals surface area contributed by atoms with Crippen LogP contribution in [0.2, 0.25) is 0 Å². The summed E-state index contributed by atoms with van der Waals surface area (Å²) in [4.78, 5) is 13.1. The van der Waals surface area contributed by atoms with Crippen molar-refractivity contribution in [2.24, 2.45) is 0 Å². The molecule has 34 heavy (non-hydrogen) atoms. The van der Waals surface area contributed by atoms with Gasteiger partial charge in [0.15, 0.2) is 0 Å². The summed E-state index contributed by atoms with van der Waals surface area (Å²) in [6, 6.07) is 20.7. The Morgan fingerprint density at radius 1 is 0.824 bits per heavy atom. The molecule has 0 spiro atoms. The van der Waals surface area contributed by atoms with E-state index in [0.29, 0.717) is 15.5 Å². The SMILES string of the molecule is C=CCCCCCCCCCOc1ccc(-c2ccc(OC(=O)c3ccc(C#N)s3)cc2)cc1. The molecule has 0 atom stereocenters. The fraction of sp³-hybridized carbons (Fsp3) is 0.310. The molecule has 0 radical (unpaired) electrons. The maximum Gasteiger partial charge on any atom is 0.353 e. The van der Waals surface area contributed by atoms with Gasteiger partial charge in [0.05, 0.1) is 6.61 Å². The van der Waals surface area contributed by atoms with Crippen molar-refractivity contribution in [2.45, 2.75) is 51.4 Å². The van der Waals surface area contributed by atoms with E-state index in [9.17, 15) is 4.79 Å². The first kappa shape index (κ1) is 25.3. The van der Waals surface area contributed by atoms with E-state index >= 15 is 0 Å². The molecule has 0 N–H and O–H groups in total. The first-order valence-electron chi connectivity index (χ1n) is 11.9.